The quantitative estimate of drug-likeness (QED) is 0.628. The summed E-state index contributed by atoms with van der Waals surface area (Å²) >= 11 is 0. The highest BCUT2D eigenvalue weighted by molar-refractivity contribution is 5.45. The molecule has 1 rings (SSSR count). The topological polar surface area (TPSA) is 29.3 Å². The maximum Gasteiger partial charge on any atom is 0.00470 e. The molecule has 0 aliphatic heterocycles. The summed E-state index contributed by atoms with van der Waals surface area (Å²) in [5.41, 5.74) is 5.55. The van der Waals surface area contributed by atoms with Gasteiger partial charge < -0.3 is 10.6 Å². The fourth-order valence-corrected chi connectivity index (χ4v) is 1.19. The number of nitrogens with two attached hydrogens (primary N) is 1. The molecule has 0 aromatic carbocycles. The normalized spacial score (nSPS) is 21.8. The van der Waals surface area contributed by atoms with Crippen LogP contribution in [0, 0.1) is 31.1 Å². The number of hydrogen-bond acceptors (Lipinski definition) is 2. The summed E-state index contributed by atoms with van der Waals surface area (Å²) in [7, 11) is 4.13. The van der Waals surface area contributed by atoms with Crippen LogP contribution in [0.15, 0.2) is 0 Å². The van der Waals surface area contributed by atoms with Crippen LogP contribution in [0.1, 0.15) is 0 Å². The van der Waals surface area contributed by atoms with Gasteiger partial charge in [-0.3, -0.25) is 0 Å². The summed E-state index contributed by atoms with van der Waals surface area (Å²) in [4.78, 5) is 2.15. The van der Waals surface area contributed by atoms with Crippen molar-refractivity contribution < 1.29 is 0 Å². The Morgan fingerprint density at radius 2 is 1.91 bits per heavy atom. The van der Waals surface area contributed by atoms with Crippen molar-refractivity contribution in [3.63, 3.8) is 0 Å². The van der Waals surface area contributed by atoms with Crippen molar-refractivity contribution in [2.45, 2.75) is 0 Å². The fraction of sp³-hybridized carbons (Fsp3) is 0.444. The minimum absolute atomic E-state index is 0.649. The van der Waals surface area contributed by atoms with Crippen LogP contribution in [0.5, 0.6) is 0 Å². The SMILES string of the molecule is CN(C)C[C]1[CH][CH][CH][C]1CN. The zero-order valence-corrected chi connectivity index (χ0v) is 7.17. The van der Waals surface area contributed by atoms with E-state index in [1.165, 1.54) is 11.8 Å². The van der Waals surface area contributed by atoms with Crippen LogP contribution in [0.2, 0.25) is 0 Å². The number of nitrogens with zero attached hydrogens (tertiary/aromatic N) is 1. The molecular weight excluding hydrogens is 136 g/mol. The van der Waals surface area contributed by atoms with E-state index < -0.39 is 0 Å². The molecule has 2 N–H and O–H groups in total. The molecule has 0 aromatic heterocycles. The van der Waals surface area contributed by atoms with Gasteiger partial charge in [-0.1, -0.05) is 0 Å². The predicted molar refractivity (Wildman–Crippen MR) is 47.0 cm³/mol. The molecule has 61 valence electrons. The van der Waals surface area contributed by atoms with Crippen LogP contribution in [-0.2, 0) is 0 Å². The van der Waals surface area contributed by atoms with E-state index in [4.69, 9.17) is 5.73 Å². The Hall–Kier alpha value is -0.0800. The molecule has 11 heavy (non-hydrogen) atoms. The minimum Gasteiger partial charge on any atom is -0.330 e. The molecular formula is C9H15N2. The highest BCUT2D eigenvalue weighted by Gasteiger charge is 2.27. The molecule has 1 saturated carbocycles. The number of rotatable bonds is 3. The van der Waals surface area contributed by atoms with E-state index in [0.29, 0.717) is 6.54 Å². The molecule has 0 spiro atoms. The zero-order valence-electron chi connectivity index (χ0n) is 7.17. The van der Waals surface area contributed by atoms with Gasteiger partial charge in [-0.15, -0.1) is 0 Å². The molecule has 0 aromatic rings. The first-order valence-electron chi connectivity index (χ1n) is 3.82. The molecule has 2 heteroatoms. The summed E-state index contributed by atoms with van der Waals surface area (Å²) in [6, 6.07) is 0. The Balaban J connectivity index is 2.31. The first-order valence-corrected chi connectivity index (χ1v) is 3.82. The molecule has 2 nitrogen and oxygen atoms in total. The van der Waals surface area contributed by atoms with Crippen molar-refractivity contribution in [1.29, 1.82) is 0 Å². The second-order valence-corrected chi connectivity index (χ2v) is 3.02. The van der Waals surface area contributed by atoms with Crippen LogP contribution in [0.25, 0.3) is 0 Å². The van der Waals surface area contributed by atoms with Gasteiger partial charge in [0.25, 0.3) is 0 Å². The molecule has 0 atom stereocenters. The maximum absolute atomic E-state index is 5.55. The standard InChI is InChI=1S/C9H15N2/c1-11(2)7-9-5-3-4-8(9)6-10/h3-5H,6-7,10H2,1-2H3. The van der Waals surface area contributed by atoms with Gasteiger partial charge in [0, 0.05) is 18.4 Å². The van der Waals surface area contributed by atoms with Gasteiger partial charge in [0.15, 0.2) is 0 Å². The van der Waals surface area contributed by atoms with E-state index in [9.17, 15) is 0 Å². The molecule has 1 fully saturated rings. The van der Waals surface area contributed by atoms with Crippen molar-refractivity contribution in [3.05, 3.63) is 31.1 Å². The van der Waals surface area contributed by atoms with E-state index in [1.54, 1.807) is 0 Å². The monoisotopic (exact) mass is 151 g/mol. The Morgan fingerprint density at radius 3 is 2.45 bits per heavy atom. The van der Waals surface area contributed by atoms with Crippen LogP contribution in [0.4, 0.5) is 0 Å². The van der Waals surface area contributed by atoms with Crippen LogP contribution in [-0.4, -0.2) is 32.1 Å². The lowest BCUT2D eigenvalue weighted by Gasteiger charge is -2.20. The van der Waals surface area contributed by atoms with Gasteiger partial charge in [0.2, 0.25) is 0 Å². The summed E-state index contributed by atoms with van der Waals surface area (Å²) in [5, 5.41) is 0. The maximum atomic E-state index is 5.55. The average molecular weight is 151 g/mol. The summed E-state index contributed by atoms with van der Waals surface area (Å²) in [5.74, 6) is 2.61. The Morgan fingerprint density at radius 1 is 1.27 bits per heavy atom. The van der Waals surface area contributed by atoms with Gasteiger partial charge in [0.1, 0.15) is 0 Å². The highest BCUT2D eigenvalue weighted by Crippen LogP contribution is 2.32. The third kappa shape index (κ3) is 2.46. The summed E-state index contributed by atoms with van der Waals surface area (Å²) < 4.78 is 0. The lowest BCUT2D eigenvalue weighted by molar-refractivity contribution is 0.427. The molecule has 1 aliphatic rings. The van der Waals surface area contributed by atoms with E-state index in [2.05, 4.69) is 38.3 Å². The first kappa shape index (κ1) is 9.01. The predicted octanol–water partition coefficient (Wildman–Crippen LogP) is 0.282. The van der Waals surface area contributed by atoms with Gasteiger partial charge in [-0.2, -0.15) is 0 Å². The lowest BCUT2D eigenvalue weighted by atomic mass is 9.96. The fourth-order valence-electron chi connectivity index (χ4n) is 1.19. The molecule has 0 unspecified atom stereocenters. The van der Waals surface area contributed by atoms with Crippen LogP contribution >= 0.6 is 0 Å². The van der Waals surface area contributed by atoms with Gasteiger partial charge in [-0.25, -0.2) is 0 Å². The van der Waals surface area contributed by atoms with Crippen molar-refractivity contribution >= 4 is 0 Å². The Labute approximate surface area is 69.8 Å². The van der Waals surface area contributed by atoms with Crippen molar-refractivity contribution in [3.8, 4) is 0 Å². The molecule has 1 aliphatic carbocycles. The summed E-state index contributed by atoms with van der Waals surface area (Å²) in [6.07, 6.45) is 6.27. The highest BCUT2D eigenvalue weighted by atomic mass is 15.1. The van der Waals surface area contributed by atoms with Crippen LogP contribution in [0.3, 0.4) is 0 Å². The zero-order chi connectivity index (χ0) is 8.27. The van der Waals surface area contributed by atoms with E-state index in [1.807, 2.05) is 0 Å². The number of hydrogen-bond donors (Lipinski definition) is 1. The van der Waals surface area contributed by atoms with Gasteiger partial charge in [0.05, 0.1) is 0 Å². The van der Waals surface area contributed by atoms with Crippen molar-refractivity contribution in [2.24, 2.45) is 5.73 Å². The molecule has 0 bridgehead atoms. The van der Waals surface area contributed by atoms with Crippen molar-refractivity contribution in [1.82, 2.24) is 4.90 Å². The largest absolute Gasteiger partial charge is 0.330 e. The molecule has 5 radical (unpaired) electrons. The second kappa shape index (κ2) is 4.07. The minimum atomic E-state index is 0.649. The van der Waals surface area contributed by atoms with E-state index in [-0.39, 0.29) is 0 Å². The lowest BCUT2D eigenvalue weighted by Crippen LogP contribution is -2.25. The Bertz CT molecular complexity index is 112. The van der Waals surface area contributed by atoms with E-state index in [0.717, 1.165) is 6.54 Å². The van der Waals surface area contributed by atoms with E-state index >= 15 is 0 Å². The second-order valence-electron chi connectivity index (χ2n) is 3.02. The van der Waals surface area contributed by atoms with Crippen molar-refractivity contribution in [2.75, 3.05) is 27.2 Å². The molecule has 0 amide bonds. The van der Waals surface area contributed by atoms with Crippen LogP contribution < -0.4 is 5.73 Å². The van der Waals surface area contributed by atoms with Gasteiger partial charge >= 0.3 is 0 Å². The summed E-state index contributed by atoms with van der Waals surface area (Å²) in [6.45, 7) is 1.63. The molecule has 0 saturated heterocycles. The molecule has 0 heterocycles. The Kier molecular flexibility index (Phi) is 3.34. The van der Waals surface area contributed by atoms with Gasteiger partial charge in [-0.05, 0) is 39.9 Å². The smallest absolute Gasteiger partial charge is 0.00470 e. The first-order chi connectivity index (χ1) is 5.24. The average Bonchev–Trinajstić information content (AvgIpc) is 2.34. The third-order valence-corrected chi connectivity index (χ3v) is 1.71. The third-order valence-electron chi connectivity index (χ3n) is 1.71.